The number of aliphatic hydroxyl groups excluding tert-OH is 1. The normalized spacial score (nSPS) is 23.3. The Morgan fingerprint density at radius 1 is 1.16 bits per heavy atom. The second-order valence-corrected chi connectivity index (χ2v) is 6.32. The van der Waals surface area contributed by atoms with Crippen molar-refractivity contribution in [2.45, 2.75) is 25.0 Å². The highest BCUT2D eigenvalue weighted by atomic mass is 35.5. The number of halogens is 2. The molecule has 3 rings (SSSR count). The first-order chi connectivity index (χ1) is 11.5. The third-order valence-corrected chi connectivity index (χ3v) is 4.65. The minimum absolute atomic E-state index is 0. The molecule has 0 aromatic heterocycles. The van der Waals surface area contributed by atoms with Gasteiger partial charge in [0, 0.05) is 32.7 Å². The third kappa shape index (κ3) is 4.68. The maximum absolute atomic E-state index is 13.6. The highest BCUT2D eigenvalue weighted by Crippen LogP contribution is 2.13. The van der Waals surface area contributed by atoms with Crippen LogP contribution in [0.5, 0.6) is 0 Å². The second-order valence-electron chi connectivity index (χ2n) is 6.32. The summed E-state index contributed by atoms with van der Waals surface area (Å²) in [4.78, 5) is 28.1. The lowest BCUT2D eigenvalue weighted by molar-refractivity contribution is -0.140. The van der Waals surface area contributed by atoms with Crippen molar-refractivity contribution in [3.63, 3.8) is 0 Å². The Morgan fingerprint density at radius 3 is 2.40 bits per heavy atom. The van der Waals surface area contributed by atoms with E-state index >= 15 is 0 Å². The molecule has 1 aromatic rings. The highest BCUT2D eigenvalue weighted by molar-refractivity contribution is 5.85. The van der Waals surface area contributed by atoms with E-state index in [1.165, 1.54) is 6.07 Å². The van der Waals surface area contributed by atoms with Crippen LogP contribution >= 0.6 is 12.4 Å². The Labute approximate surface area is 152 Å². The second kappa shape index (κ2) is 8.60. The molecule has 0 spiro atoms. The summed E-state index contributed by atoms with van der Waals surface area (Å²) in [5, 5.41) is 12.5. The fourth-order valence-electron chi connectivity index (χ4n) is 3.22. The van der Waals surface area contributed by atoms with Crippen molar-refractivity contribution in [2.75, 3.05) is 32.7 Å². The van der Waals surface area contributed by atoms with E-state index in [9.17, 15) is 19.1 Å². The van der Waals surface area contributed by atoms with Gasteiger partial charge < -0.3 is 20.2 Å². The van der Waals surface area contributed by atoms with E-state index in [1.54, 1.807) is 28.0 Å². The summed E-state index contributed by atoms with van der Waals surface area (Å²) >= 11 is 0. The van der Waals surface area contributed by atoms with Crippen molar-refractivity contribution in [1.29, 1.82) is 0 Å². The van der Waals surface area contributed by atoms with Crippen LogP contribution in [0.4, 0.5) is 4.39 Å². The van der Waals surface area contributed by atoms with Gasteiger partial charge in [-0.3, -0.25) is 9.59 Å². The van der Waals surface area contributed by atoms with Gasteiger partial charge in [-0.2, -0.15) is 0 Å². The Balaban J connectivity index is 0.00000225. The van der Waals surface area contributed by atoms with Crippen molar-refractivity contribution in [3.05, 3.63) is 35.6 Å². The first kappa shape index (κ1) is 19.6. The number of aliphatic hydroxyl groups is 1. The average Bonchev–Trinajstić information content (AvgIpc) is 3.03. The summed E-state index contributed by atoms with van der Waals surface area (Å²) in [5.74, 6) is -0.514. The lowest BCUT2D eigenvalue weighted by atomic mass is 10.1. The molecule has 2 aliphatic heterocycles. The molecule has 2 N–H and O–H groups in total. The number of β-amino-alcohol motifs (C(OH)–C–C–N with tert-alkyl or cyclic N) is 1. The number of carbonyl (C=O) groups excluding carboxylic acids is 2. The smallest absolute Gasteiger partial charge is 0.239 e. The lowest BCUT2D eigenvalue weighted by Gasteiger charge is -2.36. The molecule has 2 atom stereocenters. The van der Waals surface area contributed by atoms with Crippen LogP contribution in [-0.4, -0.2) is 71.6 Å². The lowest BCUT2D eigenvalue weighted by Crippen LogP contribution is -2.54. The number of hydrogen-bond donors (Lipinski definition) is 2. The molecule has 25 heavy (non-hydrogen) atoms. The zero-order valence-electron chi connectivity index (χ0n) is 13.9. The topological polar surface area (TPSA) is 72.9 Å². The minimum atomic E-state index is -0.470. The number of benzene rings is 1. The molecule has 2 amide bonds. The number of carbonyl (C=O) groups is 2. The van der Waals surface area contributed by atoms with Crippen LogP contribution in [0.15, 0.2) is 24.3 Å². The molecule has 0 bridgehead atoms. The quantitative estimate of drug-likeness (QED) is 0.795. The van der Waals surface area contributed by atoms with Gasteiger partial charge in [0.1, 0.15) is 5.82 Å². The molecule has 6 nitrogen and oxygen atoms in total. The molecule has 0 radical (unpaired) electrons. The summed E-state index contributed by atoms with van der Waals surface area (Å²) in [5.41, 5.74) is 0.394. The van der Waals surface area contributed by atoms with Crippen molar-refractivity contribution in [2.24, 2.45) is 0 Å². The first-order valence-electron chi connectivity index (χ1n) is 8.26. The van der Waals surface area contributed by atoms with Gasteiger partial charge in [-0.1, -0.05) is 18.2 Å². The number of piperazine rings is 1. The van der Waals surface area contributed by atoms with E-state index in [0.717, 1.165) is 0 Å². The van der Waals surface area contributed by atoms with Crippen molar-refractivity contribution >= 4 is 24.2 Å². The minimum Gasteiger partial charge on any atom is -0.392 e. The summed E-state index contributed by atoms with van der Waals surface area (Å²) in [7, 11) is 0. The van der Waals surface area contributed by atoms with Gasteiger partial charge in [-0.15, -0.1) is 12.4 Å². The zero-order chi connectivity index (χ0) is 17.1. The van der Waals surface area contributed by atoms with Crippen molar-refractivity contribution in [3.8, 4) is 0 Å². The number of amides is 2. The Bertz CT molecular complexity index is 623. The largest absolute Gasteiger partial charge is 0.392 e. The summed E-state index contributed by atoms with van der Waals surface area (Å²) in [6.45, 7) is 2.28. The van der Waals surface area contributed by atoms with E-state index in [2.05, 4.69) is 5.32 Å². The molecule has 1 aromatic carbocycles. The number of nitrogens with one attached hydrogen (secondary N) is 1. The zero-order valence-corrected chi connectivity index (χ0v) is 14.7. The molecule has 2 saturated heterocycles. The van der Waals surface area contributed by atoms with Crippen LogP contribution in [0.25, 0.3) is 0 Å². The van der Waals surface area contributed by atoms with Crippen LogP contribution in [-0.2, 0) is 16.0 Å². The summed E-state index contributed by atoms with van der Waals surface area (Å²) < 4.78 is 13.6. The van der Waals surface area contributed by atoms with Gasteiger partial charge in [-0.25, -0.2) is 4.39 Å². The average molecular weight is 372 g/mol. The number of hydrogen-bond acceptors (Lipinski definition) is 4. The molecule has 0 saturated carbocycles. The maximum atomic E-state index is 13.6. The molecule has 138 valence electrons. The number of nitrogens with zero attached hydrogens (tertiary/aromatic N) is 2. The standard InChI is InChI=1S/C17H22FN3O3.ClH/c18-14-4-2-1-3-12(14)9-16(23)20-5-7-21(8-6-20)17(24)15-10-13(22)11-19-15;/h1-4,13,15,19,22H,5-11H2;1H. The fourth-order valence-corrected chi connectivity index (χ4v) is 3.22. The molecule has 0 aliphatic carbocycles. The van der Waals surface area contributed by atoms with Crippen LogP contribution in [0, 0.1) is 5.82 Å². The Hall–Kier alpha value is -1.70. The van der Waals surface area contributed by atoms with E-state index in [0.29, 0.717) is 44.7 Å². The van der Waals surface area contributed by atoms with Crippen molar-refractivity contribution < 1.29 is 19.1 Å². The molecular formula is C17H23ClFN3O3. The molecule has 8 heteroatoms. The van der Waals surface area contributed by atoms with Gasteiger partial charge >= 0.3 is 0 Å². The van der Waals surface area contributed by atoms with Crippen LogP contribution in [0.2, 0.25) is 0 Å². The molecule has 2 fully saturated rings. The monoisotopic (exact) mass is 371 g/mol. The molecule has 2 aliphatic rings. The Morgan fingerprint density at radius 2 is 1.80 bits per heavy atom. The molecule has 2 heterocycles. The fraction of sp³-hybridized carbons (Fsp3) is 0.529. The summed E-state index contributed by atoms with van der Waals surface area (Å²) in [6, 6.07) is 5.94. The number of rotatable bonds is 3. The van der Waals surface area contributed by atoms with E-state index in [4.69, 9.17) is 0 Å². The molecular weight excluding hydrogens is 349 g/mol. The summed E-state index contributed by atoms with van der Waals surface area (Å²) in [6.07, 6.45) is 0.00463. The van der Waals surface area contributed by atoms with Gasteiger partial charge in [-0.05, 0) is 18.1 Å². The Kier molecular flexibility index (Phi) is 6.75. The van der Waals surface area contributed by atoms with Crippen molar-refractivity contribution in [1.82, 2.24) is 15.1 Å². The van der Waals surface area contributed by atoms with Crippen LogP contribution in [0.1, 0.15) is 12.0 Å². The third-order valence-electron chi connectivity index (χ3n) is 4.65. The first-order valence-corrected chi connectivity index (χ1v) is 8.26. The predicted molar refractivity (Wildman–Crippen MR) is 92.9 cm³/mol. The SMILES string of the molecule is Cl.O=C(Cc1ccccc1F)N1CCN(C(=O)C2CC(O)CN2)CC1. The van der Waals surface area contributed by atoms with Gasteiger partial charge in [0.15, 0.2) is 0 Å². The van der Waals surface area contributed by atoms with E-state index in [-0.39, 0.29) is 42.5 Å². The maximum Gasteiger partial charge on any atom is 0.239 e. The van der Waals surface area contributed by atoms with E-state index < -0.39 is 6.10 Å². The van der Waals surface area contributed by atoms with Gasteiger partial charge in [0.25, 0.3) is 0 Å². The van der Waals surface area contributed by atoms with E-state index in [1.807, 2.05) is 0 Å². The highest BCUT2D eigenvalue weighted by Gasteiger charge is 2.33. The molecule has 2 unspecified atom stereocenters. The van der Waals surface area contributed by atoms with Gasteiger partial charge in [0.05, 0.1) is 18.6 Å². The van der Waals surface area contributed by atoms with Crippen LogP contribution < -0.4 is 5.32 Å². The van der Waals surface area contributed by atoms with Gasteiger partial charge in [0.2, 0.25) is 11.8 Å². The predicted octanol–water partition coefficient (Wildman–Crippen LogP) is 0.184. The van der Waals surface area contributed by atoms with Crippen LogP contribution in [0.3, 0.4) is 0 Å².